The largest absolute Gasteiger partial charge is 0.354 e. The molecule has 5 nitrogen and oxygen atoms in total. The van der Waals surface area contributed by atoms with Crippen LogP contribution in [0.4, 0.5) is 5.82 Å². The summed E-state index contributed by atoms with van der Waals surface area (Å²) in [5.41, 5.74) is 1.47. The van der Waals surface area contributed by atoms with Gasteiger partial charge in [-0.25, -0.2) is 9.97 Å². The molecule has 0 radical (unpaired) electrons. The first-order valence-electron chi connectivity index (χ1n) is 5.12. The van der Waals surface area contributed by atoms with Crippen molar-refractivity contribution < 1.29 is 0 Å². The molecule has 2 aromatic rings. The van der Waals surface area contributed by atoms with E-state index in [1.165, 1.54) is 6.20 Å². The van der Waals surface area contributed by atoms with Gasteiger partial charge in [0.15, 0.2) is 5.69 Å². The average molecular weight is 225 g/mol. The molecule has 0 atom stereocenters. The summed E-state index contributed by atoms with van der Waals surface area (Å²) < 4.78 is 0. The van der Waals surface area contributed by atoms with Gasteiger partial charge in [-0.15, -0.1) is 0 Å². The standard InChI is InChI=1S/C12H11N5/c1-17(9-10-2-4-14-5-3-10)12-8-15-11(6-13)7-16-12/h2-5,7-8H,9H2,1H3. The predicted molar refractivity (Wildman–Crippen MR) is 63.1 cm³/mol. The summed E-state index contributed by atoms with van der Waals surface area (Å²) in [4.78, 5) is 14.1. The van der Waals surface area contributed by atoms with Gasteiger partial charge in [-0.2, -0.15) is 5.26 Å². The smallest absolute Gasteiger partial charge is 0.158 e. The number of pyridine rings is 1. The second kappa shape index (κ2) is 5.03. The number of hydrogen-bond acceptors (Lipinski definition) is 5. The number of nitrogens with zero attached hydrogens (tertiary/aromatic N) is 5. The SMILES string of the molecule is CN(Cc1ccncc1)c1cnc(C#N)cn1. The Kier molecular flexibility index (Phi) is 3.26. The first kappa shape index (κ1) is 11.0. The summed E-state index contributed by atoms with van der Waals surface area (Å²) in [6.07, 6.45) is 6.58. The monoisotopic (exact) mass is 225 g/mol. The second-order valence-electron chi connectivity index (χ2n) is 3.58. The van der Waals surface area contributed by atoms with Gasteiger partial charge in [0.2, 0.25) is 0 Å². The van der Waals surface area contributed by atoms with Gasteiger partial charge < -0.3 is 4.90 Å². The molecular formula is C12H11N5. The highest BCUT2D eigenvalue weighted by atomic mass is 15.2. The van der Waals surface area contributed by atoms with Crippen LogP contribution in [0.15, 0.2) is 36.9 Å². The molecule has 0 bridgehead atoms. The normalized spacial score (nSPS) is 9.65. The minimum absolute atomic E-state index is 0.325. The first-order valence-corrected chi connectivity index (χ1v) is 5.12. The second-order valence-corrected chi connectivity index (χ2v) is 3.58. The quantitative estimate of drug-likeness (QED) is 0.789. The van der Waals surface area contributed by atoms with Crippen LogP contribution in [-0.4, -0.2) is 22.0 Å². The Morgan fingerprint density at radius 2 is 2.00 bits per heavy atom. The molecular weight excluding hydrogens is 214 g/mol. The van der Waals surface area contributed by atoms with Crippen LogP contribution < -0.4 is 4.90 Å². The summed E-state index contributed by atoms with van der Waals surface area (Å²) in [7, 11) is 1.93. The molecule has 0 amide bonds. The van der Waals surface area contributed by atoms with Gasteiger partial charge in [-0.1, -0.05) is 0 Å². The van der Waals surface area contributed by atoms with Gasteiger partial charge >= 0.3 is 0 Å². The molecule has 0 fully saturated rings. The number of nitriles is 1. The maximum absolute atomic E-state index is 8.63. The lowest BCUT2D eigenvalue weighted by atomic mass is 10.2. The number of anilines is 1. The fourth-order valence-electron chi connectivity index (χ4n) is 1.42. The van der Waals surface area contributed by atoms with Crippen molar-refractivity contribution in [2.45, 2.75) is 6.54 Å². The van der Waals surface area contributed by atoms with Crippen molar-refractivity contribution >= 4 is 5.82 Å². The fourth-order valence-corrected chi connectivity index (χ4v) is 1.42. The van der Waals surface area contributed by atoms with E-state index in [9.17, 15) is 0 Å². The highest BCUT2D eigenvalue weighted by Gasteiger charge is 2.04. The van der Waals surface area contributed by atoms with Crippen LogP contribution in [-0.2, 0) is 6.54 Å². The molecule has 0 aliphatic rings. The van der Waals surface area contributed by atoms with Gasteiger partial charge in [0.05, 0.1) is 12.4 Å². The zero-order valence-electron chi connectivity index (χ0n) is 9.41. The van der Waals surface area contributed by atoms with Crippen molar-refractivity contribution in [3.8, 4) is 6.07 Å². The van der Waals surface area contributed by atoms with E-state index < -0.39 is 0 Å². The molecule has 2 aromatic heterocycles. The van der Waals surface area contributed by atoms with Crippen molar-refractivity contribution in [2.24, 2.45) is 0 Å². The minimum atomic E-state index is 0.325. The van der Waals surface area contributed by atoms with E-state index in [2.05, 4.69) is 15.0 Å². The van der Waals surface area contributed by atoms with Gasteiger partial charge in [-0.05, 0) is 17.7 Å². The Balaban J connectivity index is 2.10. The Morgan fingerprint density at radius 3 is 2.59 bits per heavy atom. The van der Waals surface area contributed by atoms with Crippen LogP contribution in [0.25, 0.3) is 0 Å². The summed E-state index contributed by atoms with van der Waals surface area (Å²) in [5, 5.41) is 8.63. The van der Waals surface area contributed by atoms with E-state index in [1.807, 2.05) is 30.1 Å². The van der Waals surface area contributed by atoms with Crippen molar-refractivity contribution in [3.05, 3.63) is 48.2 Å². The molecule has 0 aliphatic carbocycles. The molecule has 0 saturated carbocycles. The van der Waals surface area contributed by atoms with E-state index in [4.69, 9.17) is 5.26 Å². The molecule has 0 aliphatic heterocycles. The van der Waals surface area contributed by atoms with Crippen molar-refractivity contribution in [1.82, 2.24) is 15.0 Å². The zero-order chi connectivity index (χ0) is 12.1. The fraction of sp³-hybridized carbons (Fsp3) is 0.167. The third-order valence-corrected chi connectivity index (χ3v) is 2.31. The zero-order valence-corrected chi connectivity index (χ0v) is 9.41. The van der Waals surface area contributed by atoms with E-state index in [0.717, 1.165) is 17.9 Å². The molecule has 5 heteroatoms. The predicted octanol–water partition coefficient (Wildman–Crippen LogP) is 1.38. The van der Waals surface area contributed by atoms with Gasteiger partial charge in [0, 0.05) is 26.0 Å². The average Bonchev–Trinajstić information content (AvgIpc) is 2.40. The van der Waals surface area contributed by atoms with Crippen LogP contribution >= 0.6 is 0 Å². The molecule has 0 saturated heterocycles. The van der Waals surface area contributed by atoms with Crippen LogP contribution in [0, 0.1) is 11.3 Å². The number of hydrogen-bond donors (Lipinski definition) is 0. The van der Waals surface area contributed by atoms with E-state index in [0.29, 0.717) is 5.69 Å². The lowest BCUT2D eigenvalue weighted by Gasteiger charge is -2.17. The van der Waals surface area contributed by atoms with Gasteiger partial charge in [0.25, 0.3) is 0 Å². The molecule has 2 heterocycles. The van der Waals surface area contributed by atoms with Gasteiger partial charge in [-0.3, -0.25) is 4.98 Å². The van der Waals surface area contributed by atoms with E-state index in [-0.39, 0.29) is 0 Å². The summed E-state index contributed by atoms with van der Waals surface area (Å²) in [6.45, 7) is 0.725. The lowest BCUT2D eigenvalue weighted by molar-refractivity contribution is 0.886. The molecule has 17 heavy (non-hydrogen) atoms. The third-order valence-electron chi connectivity index (χ3n) is 2.31. The Labute approximate surface area is 99.4 Å². The molecule has 84 valence electrons. The van der Waals surface area contributed by atoms with Crippen LogP contribution in [0.2, 0.25) is 0 Å². The molecule has 0 aromatic carbocycles. The van der Waals surface area contributed by atoms with Gasteiger partial charge in [0.1, 0.15) is 11.9 Å². The number of rotatable bonds is 3. The Morgan fingerprint density at radius 1 is 1.24 bits per heavy atom. The molecule has 2 rings (SSSR count). The highest BCUT2D eigenvalue weighted by molar-refractivity contribution is 5.37. The van der Waals surface area contributed by atoms with Crippen LogP contribution in [0.1, 0.15) is 11.3 Å². The van der Waals surface area contributed by atoms with E-state index in [1.54, 1.807) is 18.6 Å². The Bertz CT molecular complexity index is 515. The molecule has 0 N–H and O–H groups in total. The summed E-state index contributed by atoms with van der Waals surface area (Å²) in [6, 6.07) is 5.85. The Hall–Kier alpha value is -2.48. The van der Waals surface area contributed by atoms with Crippen LogP contribution in [0.3, 0.4) is 0 Å². The van der Waals surface area contributed by atoms with Crippen molar-refractivity contribution in [3.63, 3.8) is 0 Å². The highest BCUT2D eigenvalue weighted by Crippen LogP contribution is 2.10. The van der Waals surface area contributed by atoms with Crippen molar-refractivity contribution in [2.75, 3.05) is 11.9 Å². The third kappa shape index (κ3) is 2.75. The molecule has 0 spiro atoms. The summed E-state index contributed by atoms with van der Waals surface area (Å²) in [5.74, 6) is 0.737. The topological polar surface area (TPSA) is 65.7 Å². The van der Waals surface area contributed by atoms with Crippen molar-refractivity contribution in [1.29, 1.82) is 5.26 Å². The van der Waals surface area contributed by atoms with Crippen LogP contribution in [0.5, 0.6) is 0 Å². The maximum atomic E-state index is 8.63. The minimum Gasteiger partial charge on any atom is -0.354 e. The molecule has 0 unspecified atom stereocenters. The lowest BCUT2D eigenvalue weighted by Crippen LogP contribution is -2.17. The maximum Gasteiger partial charge on any atom is 0.158 e. The summed E-state index contributed by atoms with van der Waals surface area (Å²) >= 11 is 0. The number of aromatic nitrogens is 3. The van der Waals surface area contributed by atoms with E-state index >= 15 is 0 Å². The first-order chi connectivity index (χ1) is 8.29.